The van der Waals surface area contributed by atoms with E-state index in [1.807, 2.05) is 13.0 Å². The lowest BCUT2D eigenvalue weighted by Crippen LogP contribution is -2.63. The summed E-state index contributed by atoms with van der Waals surface area (Å²) in [5.74, 6) is -1.97. The molecule has 0 amide bonds. The first kappa shape index (κ1) is 19.1. The van der Waals surface area contributed by atoms with E-state index in [0.717, 1.165) is 0 Å². The molecule has 0 unspecified atom stereocenters. The second kappa shape index (κ2) is 6.20. The number of hydrogen-bond acceptors (Lipinski definition) is 5. The summed E-state index contributed by atoms with van der Waals surface area (Å²) >= 11 is 0. The van der Waals surface area contributed by atoms with Gasteiger partial charge in [0.1, 0.15) is 6.61 Å². The number of ether oxygens (including phenoxy) is 1. The normalized spacial score (nSPS) is 46.0. The zero-order chi connectivity index (χ0) is 19.3. The van der Waals surface area contributed by atoms with Crippen LogP contribution in [0.25, 0.3) is 0 Å². The van der Waals surface area contributed by atoms with E-state index in [-0.39, 0.29) is 24.4 Å². The molecule has 3 N–H and O–H groups in total. The number of fused-ring (bicyclic) bond motifs is 1. The van der Waals surface area contributed by atoms with Gasteiger partial charge in [-0.2, -0.15) is 0 Å². The lowest BCUT2D eigenvalue weighted by atomic mass is 9.44. The van der Waals surface area contributed by atoms with Crippen LogP contribution in [-0.2, 0) is 14.3 Å². The molecule has 2 saturated carbocycles. The average molecular weight is 364 g/mol. The van der Waals surface area contributed by atoms with E-state index in [4.69, 9.17) is 4.74 Å². The predicted molar refractivity (Wildman–Crippen MR) is 94.1 cm³/mol. The van der Waals surface area contributed by atoms with Gasteiger partial charge in [0.2, 0.25) is 0 Å². The van der Waals surface area contributed by atoms with Gasteiger partial charge in [-0.15, -0.1) is 0 Å². The third-order valence-electron chi connectivity index (χ3n) is 7.17. The molecule has 0 spiro atoms. The monoisotopic (exact) mass is 364 g/mol. The lowest BCUT2D eigenvalue weighted by molar-refractivity contribution is -0.203. The molecule has 3 rings (SSSR count). The van der Waals surface area contributed by atoms with Gasteiger partial charge in [-0.1, -0.05) is 19.1 Å². The summed E-state index contributed by atoms with van der Waals surface area (Å²) < 4.78 is 4.91. The van der Waals surface area contributed by atoms with Gasteiger partial charge < -0.3 is 20.1 Å². The molecule has 6 heteroatoms. The molecule has 6 atom stereocenters. The van der Waals surface area contributed by atoms with E-state index >= 15 is 0 Å². The van der Waals surface area contributed by atoms with Crippen LogP contribution >= 0.6 is 0 Å². The van der Waals surface area contributed by atoms with E-state index in [0.29, 0.717) is 31.3 Å². The van der Waals surface area contributed by atoms with E-state index in [1.54, 1.807) is 26.0 Å². The molecule has 0 bridgehead atoms. The topological polar surface area (TPSA) is 104 Å². The fraction of sp³-hybridized carbons (Fsp3) is 0.700. The first-order chi connectivity index (χ1) is 12.0. The van der Waals surface area contributed by atoms with Crippen molar-refractivity contribution in [2.75, 3.05) is 6.61 Å². The number of carbonyl (C=O) groups is 2. The average Bonchev–Trinajstić information content (AvgIpc) is 2.95. The fourth-order valence-corrected chi connectivity index (χ4v) is 5.57. The summed E-state index contributed by atoms with van der Waals surface area (Å²) in [6.07, 6.45) is 6.30. The van der Waals surface area contributed by atoms with Gasteiger partial charge in [0, 0.05) is 5.92 Å². The van der Waals surface area contributed by atoms with E-state index in [2.05, 4.69) is 0 Å². The van der Waals surface area contributed by atoms with E-state index in [9.17, 15) is 24.9 Å². The molecule has 1 heterocycles. The first-order valence-electron chi connectivity index (χ1n) is 9.23. The molecule has 144 valence electrons. The number of carboxylic acid groups (broad SMARTS) is 1. The number of aliphatic hydroxyl groups excluding tert-OH is 1. The number of hydrogen-bond donors (Lipinski definition) is 3. The van der Waals surface area contributed by atoms with Crippen LogP contribution in [0, 0.1) is 22.7 Å². The van der Waals surface area contributed by atoms with Crippen LogP contribution in [0.4, 0.5) is 0 Å². The van der Waals surface area contributed by atoms with Gasteiger partial charge in [0.25, 0.3) is 0 Å². The highest BCUT2D eigenvalue weighted by molar-refractivity contribution is 5.93. The van der Waals surface area contributed by atoms with Crippen LogP contribution in [0.5, 0.6) is 0 Å². The van der Waals surface area contributed by atoms with Crippen LogP contribution in [-0.4, -0.2) is 45.6 Å². The minimum absolute atomic E-state index is 0.253. The Bertz CT molecular complexity index is 678. The highest BCUT2D eigenvalue weighted by Crippen LogP contribution is 2.62. The molecule has 2 fully saturated rings. The number of esters is 1. The molecule has 0 aromatic rings. The zero-order valence-electron chi connectivity index (χ0n) is 15.6. The molecule has 0 aromatic carbocycles. The maximum Gasteiger partial charge on any atom is 0.338 e. The molecule has 2 aliphatic carbocycles. The Balaban J connectivity index is 2.00. The second-order valence-corrected chi connectivity index (χ2v) is 8.69. The lowest BCUT2D eigenvalue weighted by Gasteiger charge is -2.61. The largest absolute Gasteiger partial charge is 0.481 e. The summed E-state index contributed by atoms with van der Waals surface area (Å²) in [7, 11) is 0. The van der Waals surface area contributed by atoms with E-state index in [1.165, 1.54) is 0 Å². The SMILES string of the molecule is C[C@@]12CC[C@@H](O)[C@@](C)(C(=O)O)[C@@H]1CC[C@](C)(O)[C@H]2/C=C/C1=CCOC1=O. The van der Waals surface area contributed by atoms with Crippen LogP contribution < -0.4 is 0 Å². The number of aliphatic carboxylic acids is 1. The maximum atomic E-state index is 12.1. The molecular weight excluding hydrogens is 336 g/mol. The molecule has 3 aliphatic rings. The standard InChI is InChI=1S/C20H28O6/c1-18-9-7-15(21)20(3,17(23)24)14(18)6-10-19(2,25)13(18)5-4-12-8-11-26-16(12)22/h4-5,8,13-15,21,25H,6-7,9-11H2,1-3H3,(H,23,24)/b5-4+/t13-,14+,15+,18-,19-,20-/m0/s1. The van der Waals surface area contributed by atoms with Crippen molar-refractivity contribution in [2.45, 2.75) is 58.2 Å². The Kier molecular flexibility index (Phi) is 4.56. The summed E-state index contributed by atoms with van der Waals surface area (Å²) in [4.78, 5) is 23.7. The Morgan fingerprint density at radius 2 is 1.96 bits per heavy atom. The third-order valence-corrected chi connectivity index (χ3v) is 7.17. The van der Waals surface area contributed by atoms with Crippen molar-refractivity contribution in [1.29, 1.82) is 0 Å². The Labute approximate surface area is 153 Å². The summed E-state index contributed by atoms with van der Waals surface area (Å²) in [6.45, 7) is 5.66. The minimum Gasteiger partial charge on any atom is -0.481 e. The molecule has 1 aliphatic heterocycles. The van der Waals surface area contributed by atoms with Crippen LogP contribution in [0.1, 0.15) is 46.5 Å². The fourth-order valence-electron chi connectivity index (χ4n) is 5.57. The number of carbonyl (C=O) groups excluding carboxylic acids is 1. The van der Waals surface area contributed by atoms with Crippen molar-refractivity contribution in [3.05, 3.63) is 23.8 Å². The predicted octanol–water partition coefficient (Wildman–Crippen LogP) is 2.05. The second-order valence-electron chi connectivity index (χ2n) is 8.69. The van der Waals surface area contributed by atoms with Crippen molar-refractivity contribution in [2.24, 2.45) is 22.7 Å². The van der Waals surface area contributed by atoms with Gasteiger partial charge in [-0.05, 0) is 56.9 Å². The molecular formula is C20H28O6. The van der Waals surface area contributed by atoms with E-state index < -0.39 is 28.5 Å². The van der Waals surface area contributed by atoms with Crippen LogP contribution in [0.2, 0.25) is 0 Å². The van der Waals surface area contributed by atoms with Crippen molar-refractivity contribution >= 4 is 11.9 Å². The van der Waals surface area contributed by atoms with Gasteiger partial charge in [-0.25, -0.2) is 4.79 Å². The number of cyclic esters (lactones) is 1. The van der Waals surface area contributed by atoms with Gasteiger partial charge in [0.05, 0.1) is 22.7 Å². The minimum atomic E-state index is -1.25. The van der Waals surface area contributed by atoms with Crippen LogP contribution in [0.15, 0.2) is 23.8 Å². The number of rotatable bonds is 3. The zero-order valence-corrected chi connectivity index (χ0v) is 15.6. The van der Waals surface area contributed by atoms with Crippen LogP contribution in [0.3, 0.4) is 0 Å². The Morgan fingerprint density at radius 3 is 2.54 bits per heavy atom. The van der Waals surface area contributed by atoms with Gasteiger partial charge in [0.15, 0.2) is 0 Å². The molecule has 26 heavy (non-hydrogen) atoms. The molecule has 0 radical (unpaired) electrons. The maximum absolute atomic E-state index is 12.1. The smallest absolute Gasteiger partial charge is 0.338 e. The first-order valence-corrected chi connectivity index (χ1v) is 9.23. The number of aliphatic hydroxyl groups is 2. The van der Waals surface area contributed by atoms with Crippen molar-refractivity contribution in [1.82, 2.24) is 0 Å². The quantitative estimate of drug-likeness (QED) is 0.662. The highest BCUT2D eigenvalue weighted by atomic mass is 16.5. The highest BCUT2D eigenvalue weighted by Gasteiger charge is 2.63. The third kappa shape index (κ3) is 2.70. The molecule has 0 aromatic heterocycles. The Hall–Kier alpha value is -1.66. The number of carboxylic acids is 1. The van der Waals surface area contributed by atoms with Crippen molar-refractivity contribution in [3.63, 3.8) is 0 Å². The Morgan fingerprint density at radius 1 is 1.27 bits per heavy atom. The summed E-state index contributed by atoms with van der Waals surface area (Å²) in [6, 6.07) is 0. The summed E-state index contributed by atoms with van der Waals surface area (Å²) in [5, 5.41) is 31.4. The van der Waals surface area contributed by atoms with Crippen molar-refractivity contribution < 1.29 is 29.6 Å². The summed E-state index contributed by atoms with van der Waals surface area (Å²) in [5.41, 5.74) is -2.29. The van der Waals surface area contributed by atoms with Crippen molar-refractivity contribution in [3.8, 4) is 0 Å². The van der Waals surface area contributed by atoms with Gasteiger partial charge in [-0.3, -0.25) is 4.79 Å². The van der Waals surface area contributed by atoms with Gasteiger partial charge >= 0.3 is 11.9 Å². The molecule has 6 nitrogen and oxygen atoms in total. The molecule has 0 saturated heterocycles.